The maximum absolute atomic E-state index is 5.69. The van der Waals surface area contributed by atoms with Gasteiger partial charge in [0, 0.05) is 5.25 Å². The van der Waals surface area contributed by atoms with Crippen molar-refractivity contribution in [3.63, 3.8) is 0 Å². The minimum atomic E-state index is 0.926. The van der Waals surface area contributed by atoms with Crippen molar-refractivity contribution in [3.8, 4) is 0 Å². The van der Waals surface area contributed by atoms with Crippen molar-refractivity contribution in [2.75, 3.05) is 12.4 Å². The summed E-state index contributed by atoms with van der Waals surface area (Å²) in [6, 6.07) is 0. The molecular formula is C15H26OS. The van der Waals surface area contributed by atoms with E-state index < -0.39 is 0 Å². The average Bonchev–Trinajstić information content (AvgIpc) is 2.41. The summed E-state index contributed by atoms with van der Waals surface area (Å²) in [4.78, 5) is 0. The lowest BCUT2D eigenvalue weighted by atomic mass is 9.96. The lowest BCUT2D eigenvalue weighted by Gasteiger charge is -2.20. The second-order valence-corrected chi connectivity index (χ2v) is 6.75. The maximum atomic E-state index is 5.69. The van der Waals surface area contributed by atoms with E-state index in [2.05, 4.69) is 18.0 Å². The highest BCUT2D eigenvalue weighted by molar-refractivity contribution is 7.99. The van der Waals surface area contributed by atoms with E-state index >= 15 is 0 Å². The van der Waals surface area contributed by atoms with E-state index in [1.807, 2.05) is 0 Å². The molecule has 2 rings (SSSR count). The van der Waals surface area contributed by atoms with Gasteiger partial charge in [-0.3, -0.25) is 0 Å². The first-order chi connectivity index (χ1) is 8.45. The minimum absolute atomic E-state index is 0.926. The summed E-state index contributed by atoms with van der Waals surface area (Å²) in [5.74, 6) is 1.38. The topological polar surface area (TPSA) is 9.23 Å². The largest absolute Gasteiger partial charge is 0.501 e. The lowest BCUT2D eigenvalue weighted by molar-refractivity contribution is 0.235. The van der Waals surface area contributed by atoms with Gasteiger partial charge in [-0.25, -0.2) is 0 Å². The molecule has 1 nitrogen and oxygen atoms in total. The number of hydrogen-bond donors (Lipinski definition) is 0. The van der Waals surface area contributed by atoms with Gasteiger partial charge in [-0.2, -0.15) is 11.8 Å². The van der Waals surface area contributed by atoms with E-state index in [0.29, 0.717) is 0 Å². The molecule has 98 valence electrons. The summed E-state index contributed by atoms with van der Waals surface area (Å²) in [6.07, 6.45) is 15.7. The Labute approximate surface area is 110 Å². The van der Waals surface area contributed by atoms with Crippen molar-refractivity contribution >= 4 is 11.8 Å². The second kappa shape index (κ2) is 8.07. The Bertz CT molecular complexity index is 223. The van der Waals surface area contributed by atoms with Gasteiger partial charge in [0.1, 0.15) is 0 Å². The van der Waals surface area contributed by atoms with Gasteiger partial charge < -0.3 is 4.74 Å². The maximum Gasteiger partial charge on any atom is 0.0873 e. The van der Waals surface area contributed by atoms with Crippen molar-refractivity contribution in [1.82, 2.24) is 0 Å². The predicted molar refractivity (Wildman–Crippen MR) is 76.5 cm³/mol. The van der Waals surface area contributed by atoms with Gasteiger partial charge in [-0.05, 0) is 62.7 Å². The number of thioether (sulfide) groups is 1. The molecule has 1 aliphatic heterocycles. The summed E-state index contributed by atoms with van der Waals surface area (Å²) < 4.78 is 5.69. The average molecular weight is 254 g/mol. The first-order valence-electron chi connectivity index (χ1n) is 7.36. The zero-order chi connectivity index (χ0) is 11.8. The van der Waals surface area contributed by atoms with Crippen LogP contribution < -0.4 is 0 Å². The standard InChI is InChI=1S/C15H26OS/c1-2-7-14(8-3-1)13-16-11-6-10-15-9-4-5-12-17-15/h13,15H,1-12H2. The highest BCUT2D eigenvalue weighted by Crippen LogP contribution is 2.28. The molecule has 0 N–H and O–H groups in total. The van der Waals surface area contributed by atoms with E-state index in [-0.39, 0.29) is 0 Å². The fourth-order valence-corrected chi connectivity index (χ4v) is 4.10. The molecule has 0 radical (unpaired) electrons. The molecule has 1 saturated heterocycles. The fraction of sp³-hybridized carbons (Fsp3) is 0.867. The molecule has 1 saturated carbocycles. The Morgan fingerprint density at radius 1 is 1.12 bits per heavy atom. The summed E-state index contributed by atoms with van der Waals surface area (Å²) in [6.45, 7) is 0.931. The van der Waals surface area contributed by atoms with E-state index in [9.17, 15) is 0 Å². The van der Waals surface area contributed by atoms with Gasteiger partial charge in [0.25, 0.3) is 0 Å². The van der Waals surface area contributed by atoms with E-state index in [0.717, 1.165) is 11.9 Å². The predicted octanol–water partition coefficient (Wildman–Crippen LogP) is 4.92. The Hall–Kier alpha value is -0.110. The smallest absolute Gasteiger partial charge is 0.0873 e. The van der Waals surface area contributed by atoms with Gasteiger partial charge >= 0.3 is 0 Å². The summed E-state index contributed by atoms with van der Waals surface area (Å²) in [5.41, 5.74) is 1.54. The fourth-order valence-electron chi connectivity index (χ4n) is 2.73. The Kier molecular flexibility index (Phi) is 6.33. The van der Waals surface area contributed by atoms with Crippen molar-refractivity contribution in [3.05, 3.63) is 11.8 Å². The van der Waals surface area contributed by atoms with Crippen LogP contribution in [0.3, 0.4) is 0 Å². The van der Waals surface area contributed by atoms with Gasteiger partial charge in [0.05, 0.1) is 12.9 Å². The molecule has 1 unspecified atom stereocenters. The van der Waals surface area contributed by atoms with Crippen molar-refractivity contribution in [1.29, 1.82) is 0 Å². The molecule has 1 aliphatic carbocycles. The minimum Gasteiger partial charge on any atom is -0.501 e. The molecule has 0 aromatic carbocycles. The first-order valence-corrected chi connectivity index (χ1v) is 8.41. The van der Waals surface area contributed by atoms with Crippen LogP contribution in [-0.2, 0) is 4.74 Å². The van der Waals surface area contributed by atoms with Crippen LogP contribution in [0, 0.1) is 0 Å². The zero-order valence-electron chi connectivity index (χ0n) is 11.0. The molecule has 0 spiro atoms. The van der Waals surface area contributed by atoms with Crippen molar-refractivity contribution in [2.45, 2.75) is 69.5 Å². The summed E-state index contributed by atoms with van der Waals surface area (Å²) >= 11 is 2.18. The molecule has 0 bridgehead atoms. The van der Waals surface area contributed by atoms with E-state index in [1.54, 1.807) is 5.57 Å². The Morgan fingerprint density at radius 2 is 2.00 bits per heavy atom. The number of rotatable bonds is 5. The van der Waals surface area contributed by atoms with Gasteiger partial charge in [0.2, 0.25) is 0 Å². The molecule has 1 heterocycles. The number of ether oxygens (including phenoxy) is 1. The molecule has 2 fully saturated rings. The van der Waals surface area contributed by atoms with Gasteiger partial charge in [-0.1, -0.05) is 12.8 Å². The van der Waals surface area contributed by atoms with Crippen LogP contribution in [0.15, 0.2) is 11.8 Å². The van der Waals surface area contributed by atoms with Crippen LogP contribution in [0.2, 0.25) is 0 Å². The lowest BCUT2D eigenvalue weighted by Crippen LogP contribution is -2.10. The molecule has 2 aliphatic rings. The van der Waals surface area contributed by atoms with Crippen molar-refractivity contribution < 1.29 is 4.74 Å². The molecule has 2 heteroatoms. The van der Waals surface area contributed by atoms with E-state index in [1.165, 1.54) is 70.0 Å². The second-order valence-electron chi connectivity index (χ2n) is 5.34. The summed E-state index contributed by atoms with van der Waals surface area (Å²) in [7, 11) is 0. The molecule has 17 heavy (non-hydrogen) atoms. The van der Waals surface area contributed by atoms with Crippen LogP contribution >= 0.6 is 11.8 Å². The van der Waals surface area contributed by atoms with Crippen LogP contribution in [-0.4, -0.2) is 17.6 Å². The molecule has 0 aromatic heterocycles. The van der Waals surface area contributed by atoms with E-state index in [4.69, 9.17) is 4.74 Å². The quantitative estimate of drug-likeness (QED) is 0.509. The van der Waals surface area contributed by atoms with Crippen molar-refractivity contribution in [2.24, 2.45) is 0 Å². The molecule has 0 amide bonds. The first kappa shape index (κ1) is 13.3. The number of hydrogen-bond acceptors (Lipinski definition) is 2. The summed E-state index contributed by atoms with van der Waals surface area (Å²) in [5, 5.41) is 0.926. The normalized spacial score (nSPS) is 25.6. The zero-order valence-corrected chi connectivity index (χ0v) is 11.8. The SMILES string of the molecule is C(OCCCC1CCCCS1)=C1CCCCC1. The third kappa shape index (κ3) is 5.37. The van der Waals surface area contributed by atoms with Gasteiger partial charge in [-0.15, -0.1) is 0 Å². The van der Waals surface area contributed by atoms with Crippen LogP contribution in [0.25, 0.3) is 0 Å². The highest BCUT2D eigenvalue weighted by Gasteiger charge is 2.13. The molecular weight excluding hydrogens is 228 g/mol. The van der Waals surface area contributed by atoms with Crippen LogP contribution in [0.4, 0.5) is 0 Å². The molecule has 1 atom stereocenters. The Balaban J connectivity index is 1.50. The third-order valence-electron chi connectivity index (χ3n) is 3.81. The van der Waals surface area contributed by atoms with Crippen LogP contribution in [0.5, 0.6) is 0 Å². The van der Waals surface area contributed by atoms with Crippen LogP contribution in [0.1, 0.15) is 64.2 Å². The molecule has 0 aromatic rings. The monoisotopic (exact) mass is 254 g/mol. The Morgan fingerprint density at radius 3 is 2.76 bits per heavy atom. The highest BCUT2D eigenvalue weighted by atomic mass is 32.2. The van der Waals surface area contributed by atoms with Gasteiger partial charge in [0.15, 0.2) is 0 Å². The number of allylic oxidation sites excluding steroid dienone is 1. The third-order valence-corrected chi connectivity index (χ3v) is 5.28.